The van der Waals surface area contributed by atoms with Gasteiger partial charge in [-0.2, -0.15) is 0 Å². The molecular formula is C21H26N2O3S. The number of hydrogen-bond acceptors (Lipinski definition) is 3. The second kappa shape index (κ2) is 8.13. The van der Waals surface area contributed by atoms with Crippen molar-refractivity contribution < 1.29 is 13.2 Å². The Morgan fingerprint density at radius 1 is 1.11 bits per heavy atom. The molecular weight excluding hydrogens is 360 g/mol. The van der Waals surface area contributed by atoms with Crippen molar-refractivity contribution in [2.45, 2.75) is 31.6 Å². The van der Waals surface area contributed by atoms with Crippen LogP contribution in [0.4, 0.5) is 5.69 Å². The molecule has 1 aliphatic rings. The molecule has 6 heteroatoms. The zero-order chi connectivity index (χ0) is 19.4. The maximum Gasteiger partial charge on any atom is 0.264 e. The van der Waals surface area contributed by atoms with Crippen LogP contribution >= 0.6 is 0 Å². The third kappa shape index (κ3) is 4.33. The Balaban J connectivity index is 1.96. The van der Waals surface area contributed by atoms with E-state index in [1.54, 1.807) is 47.4 Å². The molecule has 1 saturated heterocycles. The van der Waals surface area contributed by atoms with Crippen LogP contribution in [0.3, 0.4) is 0 Å². The number of likely N-dealkylation sites (tertiary alicyclic amines) is 1. The highest BCUT2D eigenvalue weighted by Crippen LogP contribution is 2.27. The van der Waals surface area contributed by atoms with E-state index in [0.29, 0.717) is 24.7 Å². The minimum Gasteiger partial charge on any atom is -0.341 e. The molecule has 2 aromatic rings. The van der Waals surface area contributed by atoms with Crippen LogP contribution in [0.2, 0.25) is 0 Å². The van der Waals surface area contributed by atoms with E-state index in [0.717, 1.165) is 18.4 Å². The van der Waals surface area contributed by atoms with E-state index >= 15 is 0 Å². The fourth-order valence-corrected chi connectivity index (χ4v) is 5.00. The lowest BCUT2D eigenvalue weighted by molar-refractivity contribution is -0.131. The van der Waals surface area contributed by atoms with Crippen molar-refractivity contribution in [1.29, 1.82) is 0 Å². The lowest BCUT2D eigenvalue weighted by Crippen LogP contribution is -2.46. The Hall–Kier alpha value is -2.34. The first kappa shape index (κ1) is 19.4. The van der Waals surface area contributed by atoms with E-state index in [1.807, 2.05) is 19.1 Å². The van der Waals surface area contributed by atoms with Gasteiger partial charge in [0, 0.05) is 13.1 Å². The number of aryl methyl sites for hydroxylation is 1. The zero-order valence-electron chi connectivity index (χ0n) is 15.8. The number of para-hydroxylation sites is 1. The van der Waals surface area contributed by atoms with Crippen LogP contribution in [0.15, 0.2) is 59.5 Å². The highest BCUT2D eigenvalue weighted by atomic mass is 32.2. The summed E-state index contributed by atoms with van der Waals surface area (Å²) >= 11 is 0. The van der Waals surface area contributed by atoms with Gasteiger partial charge in [-0.1, -0.05) is 43.3 Å². The van der Waals surface area contributed by atoms with Gasteiger partial charge in [0.25, 0.3) is 10.0 Å². The first-order chi connectivity index (χ1) is 12.9. The normalized spacial score (nSPS) is 17.6. The van der Waals surface area contributed by atoms with Gasteiger partial charge in [0.05, 0.1) is 10.6 Å². The maximum absolute atomic E-state index is 13.3. The largest absolute Gasteiger partial charge is 0.341 e. The van der Waals surface area contributed by atoms with Crippen LogP contribution < -0.4 is 4.31 Å². The van der Waals surface area contributed by atoms with Crippen LogP contribution in [-0.4, -0.2) is 38.9 Å². The number of rotatable bonds is 5. The molecule has 0 N–H and O–H groups in total. The van der Waals surface area contributed by atoms with Crippen LogP contribution in [-0.2, 0) is 14.8 Å². The minimum atomic E-state index is -3.84. The molecule has 2 aromatic carbocycles. The molecule has 0 spiro atoms. The molecule has 144 valence electrons. The summed E-state index contributed by atoms with van der Waals surface area (Å²) in [6.45, 7) is 5.17. The predicted octanol–water partition coefficient (Wildman–Crippen LogP) is 3.45. The molecule has 1 amide bonds. The zero-order valence-corrected chi connectivity index (χ0v) is 16.7. The average molecular weight is 387 g/mol. The minimum absolute atomic E-state index is 0.149. The molecule has 1 atom stereocenters. The number of nitrogens with zero attached hydrogens (tertiary/aromatic N) is 2. The number of hydrogen-bond donors (Lipinski definition) is 0. The summed E-state index contributed by atoms with van der Waals surface area (Å²) in [6, 6.07) is 15.6. The molecule has 0 aromatic heterocycles. The summed E-state index contributed by atoms with van der Waals surface area (Å²) in [7, 11) is -3.84. The molecule has 3 rings (SSSR count). The van der Waals surface area contributed by atoms with Crippen molar-refractivity contribution in [2.24, 2.45) is 5.92 Å². The van der Waals surface area contributed by atoms with Crippen LogP contribution in [0.1, 0.15) is 25.3 Å². The van der Waals surface area contributed by atoms with Crippen molar-refractivity contribution in [3.8, 4) is 0 Å². The Labute approximate surface area is 161 Å². The quantitative estimate of drug-likeness (QED) is 0.791. The highest BCUT2D eigenvalue weighted by Gasteiger charge is 2.30. The fourth-order valence-electron chi connectivity index (χ4n) is 3.50. The monoisotopic (exact) mass is 386 g/mol. The molecule has 0 radical (unpaired) electrons. The second-order valence-electron chi connectivity index (χ2n) is 7.20. The molecule has 5 nitrogen and oxygen atoms in total. The summed E-state index contributed by atoms with van der Waals surface area (Å²) in [5.74, 6) is 0.296. The van der Waals surface area contributed by atoms with Gasteiger partial charge in [-0.15, -0.1) is 0 Å². The van der Waals surface area contributed by atoms with Gasteiger partial charge >= 0.3 is 0 Å². The van der Waals surface area contributed by atoms with Crippen LogP contribution in [0.25, 0.3) is 0 Å². The summed E-state index contributed by atoms with van der Waals surface area (Å²) < 4.78 is 27.9. The molecule has 0 saturated carbocycles. The van der Waals surface area contributed by atoms with E-state index < -0.39 is 10.0 Å². The van der Waals surface area contributed by atoms with Crippen molar-refractivity contribution in [3.63, 3.8) is 0 Å². The SMILES string of the molecule is Cc1ccccc1N(CC(=O)N1CCC[C@@H](C)C1)S(=O)(=O)c1ccccc1. The van der Waals surface area contributed by atoms with E-state index in [4.69, 9.17) is 0 Å². The van der Waals surface area contributed by atoms with E-state index in [1.165, 1.54) is 4.31 Å². The van der Waals surface area contributed by atoms with Gasteiger partial charge in [-0.05, 0) is 49.4 Å². The number of amides is 1. The Bertz CT molecular complexity index is 897. The standard InChI is InChI=1S/C21H26N2O3S/c1-17-9-8-14-22(15-17)21(24)16-23(20-13-7-6-10-18(20)2)27(25,26)19-11-4-3-5-12-19/h3-7,10-13,17H,8-9,14-16H2,1-2H3/t17-/m1/s1. The van der Waals surface area contributed by atoms with Crippen molar-refractivity contribution in [3.05, 3.63) is 60.2 Å². The van der Waals surface area contributed by atoms with Crippen molar-refractivity contribution in [1.82, 2.24) is 4.90 Å². The van der Waals surface area contributed by atoms with Gasteiger partial charge in [-0.25, -0.2) is 8.42 Å². The Kier molecular flexibility index (Phi) is 5.85. The van der Waals surface area contributed by atoms with Crippen molar-refractivity contribution >= 4 is 21.6 Å². The Morgan fingerprint density at radius 2 is 1.78 bits per heavy atom. The third-order valence-electron chi connectivity index (χ3n) is 5.00. The summed E-state index contributed by atoms with van der Waals surface area (Å²) in [5.41, 5.74) is 1.36. The molecule has 1 fully saturated rings. The molecule has 27 heavy (non-hydrogen) atoms. The van der Waals surface area contributed by atoms with Gasteiger partial charge in [-0.3, -0.25) is 9.10 Å². The molecule has 0 bridgehead atoms. The maximum atomic E-state index is 13.3. The molecule has 1 heterocycles. The highest BCUT2D eigenvalue weighted by molar-refractivity contribution is 7.92. The van der Waals surface area contributed by atoms with Crippen LogP contribution in [0, 0.1) is 12.8 Å². The predicted molar refractivity (Wildman–Crippen MR) is 107 cm³/mol. The lowest BCUT2D eigenvalue weighted by atomic mass is 10.0. The topological polar surface area (TPSA) is 57.7 Å². The summed E-state index contributed by atoms with van der Waals surface area (Å²) in [6.07, 6.45) is 2.07. The smallest absolute Gasteiger partial charge is 0.264 e. The number of carbonyl (C=O) groups is 1. The lowest BCUT2D eigenvalue weighted by Gasteiger charge is -2.33. The Morgan fingerprint density at radius 3 is 2.44 bits per heavy atom. The molecule has 1 aliphatic heterocycles. The number of carbonyl (C=O) groups excluding carboxylic acids is 1. The van der Waals surface area contributed by atoms with E-state index in [2.05, 4.69) is 6.92 Å². The number of anilines is 1. The van der Waals surface area contributed by atoms with Gasteiger partial charge in [0.15, 0.2) is 0 Å². The van der Waals surface area contributed by atoms with E-state index in [9.17, 15) is 13.2 Å². The van der Waals surface area contributed by atoms with Crippen LogP contribution in [0.5, 0.6) is 0 Å². The number of benzene rings is 2. The second-order valence-corrected chi connectivity index (χ2v) is 9.06. The summed E-state index contributed by atoms with van der Waals surface area (Å²) in [4.78, 5) is 14.9. The summed E-state index contributed by atoms with van der Waals surface area (Å²) in [5, 5.41) is 0. The van der Waals surface area contributed by atoms with E-state index in [-0.39, 0.29) is 17.3 Å². The fraction of sp³-hybridized carbons (Fsp3) is 0.381. The third-order valence-corrected chi connectivity index (χ3v) is 6.78. The number of sulfonamides is 1. The van der Waals surface area contributed by atoms with Gasteiger partial charge in [0.1, 0.15) is 6.54 Å². The van der Waals surface area contributed by atoms with Crippen molar-refractivity contribution in [2.75, 3.05) is 23.9 Å². The first-order valence-corrected chi connectivity index (χ1v) is 10.7. The number of piperidine rings is 1. The van der Waals surface area contributed by atoms with Gasteiger partial charge < -0.3 is 4.90 Å². The average Bonchev–Trinajstić information content (AvgIpc) is 2.67. The molecule has 0 unspecified atom stereocenters. The first-order valence-electron chi connectivity index (χ1n) is 9.31. The van der Waals surface area contributed by atoms with Gasteiger partial charge in [0.2, 0.25) is 5.91 Å². The molecule has 0 aliphatic carbocycles.